The van der Waals surface area contributed by atoms with Crippen molar-refractivity contribution < 1.29 is 9.13 Å². The third-order valence-corrected chi connectivity index (χ3v) is 1.56. The molecule has 0 unspecified atom stereocenters. The molecule has 2 nitrogen and oxygen atoms in total. The highest BCUT2D eigenvalue weighted by Gasteiger charge is 2.12. The minimum absolute atomic E-state index is 0.315. The molecule has 0 atom stereocenters. The fourth-order valence-corrected chi connectivity index (χ4v) is 1.07. The molecule has 1 aliphatic heterocycles. The number of halogens is 1. The van der Waals surface area contributed by atoms with Crippen LogP contribution in [0.3, 0.4) is 0 Å². The maximum absolute atomic E-state index is 12.9. The largest absolute Gasteiger partial charge is 0.486 e. The molecule has 0 fully saturated rings. The van der Waals surface area contributed by atoms with Crippen molar-refractivity contribution in [1.82, 2.24) is 0 Å². The summed E-state index contributed by atoms with van der Waals surface area (Å²) in [7, 11) is 0. The molecule has 1 aromatic rings. The Balaban J connectivity index is 2.49. The molecule has 0 saturated heterocycles. The van der Waals surface area contributed by atoms with E-state index in [9.17, 15) is 4.39 Å². The van der Waals surface area contributed by atoms with Crippen LogP contribution in [0.5, 0.6) is 5.75 Å². The van der Waals surface area contributed by atoms with Gasteiger partial charge in [0, 0.05) is 6.54 Å². The van der Waals surface area contributed by atoms with Crippen molar-refractivity contribution in [2.75, 3.05) is 18.5 Å². The number of nitrogens with one attached hydrogen (secondary N) is 1. The summed E-state index contributed by atoms with van der Waals surface area (Å²) in [5.74, 6) is -0.0373. The van der Waals surface area contributed by atoms with Crippen molar-refractivity contribution in [3.8, 4) is 5.75 Å². The maximum atomic E-state index is 12.9. The van der Waals surface area contributed by atoms with Gasteiger partial charge in [-0.05, 0) is 18.2 Å². The monoisotopic (exact) mass is 152 g/mol. The lowest BCUT2D eigenvalue weighted by Gasteiger charge is -2.18. The summed E-state index contributed by atoms with van der Waals surface area (Å²) in [6.45, 7) is 1.25. The second-order valence-electron chi connectivity index (χ2n) is 2.32. The van der Waals surface area contributed by atoms with Crippen molar-refractivity contribution in [3.05, 3.63) is 24.0 Å². The first kappa shape index (κ1) is 6.46. The zero-order valence-corrected chi connectivity index (χ0v) is 5.86. The Bertz CT molecular complexity index is 275. The summed E-state index contributed by atoms with van der Waals surface area (Å²) in [5.41, 5.74) is 0.691. The third kappa shape index (κ3) is 1.02. The Labute approximate surface area is 64.0 Å². The Morgan fingerprint density at radius 3 is 3.27 bits per heavy atom. The molecule has 1 aromatic carbocycles. The van der Waals surface area contributed by atoms with Crippen LogP contribution in [0.15, 0.2) is 12.1 Å². The molecular weight excluding hydrogens is 145 g/mol. The van der Waals surface area contributed by atoms with Crippen LogP contribution in [0, 0.1) is 11.9 Å². The molecule has 1 radical (unpaired) electrons. The molecule has 0 bridgehead atoms. The van der Waals surface area contributed by atoms with Crippen LogP contribution in [0.4, 0.5) is 10.1 Å². The first-order chi connectivity index (χ1) is 5.38. The number of ether oxygens (including phenoxy) is 1. The molecule has 0 aliphatic carbocycles. The summed E-state index contributed by atoms with van der Waals surface area (Å²) >= 11 is 0. The lowest BCUT2D eigenvalue weighted by Crippen LogP contribution is -2.18. The van der Waals surface area contributed by atoms with Gasteiger partial charge in [-0.2, -0.15) is 0 Å². The van der Waals surface area contributed by atoms with Crippen molar-refractivity contribution in [1.29, 1.82) is 0 Å². The highest BCUT2D eigenvalue weighted by Crippen LogP contribution is 2.29. The maximum Gasteiger partial charge on any atom is 0.178 e. The summed E-state index contributed by atoms with van der Waals surface area (Å²) in [6, 6.07) is 5.62. The standard InChI is InChI=1S/C8H7FNO/c9-6-2-1-3-7-8(6)11-5-4-10-7/h2-3,10H,4-5H2. The third-order valence-electron chi connectivity index (χ3n) is 1.56. The first-order valence-corrected chi connectivity index (χ1v) is 3.44. The first-order valence-electron chi connectivity index (χ1n) is 3.44. The average Bonchev–Trinajstić information content (AvgIpc) is 2.06. The van der Waals surface area contributed by atoms with Crippen LogP contribution in [0.1, 0.15) is 0 Å². The van der Waals surface area contributed by atoms with Crippen LogP contribution in [0.25, 0.3) is 0 Å². The van der Waals surface area contributed by atoms with Gasteiger partial charge in [0.2, 0.25) is 0 Å². The lowest BCUT2D eigenvalue weighted by molar-refractivity contribution is 0.306. The van der Waals surface area contributed by atoms with E-state index in [1.54, 1.807) is 6.07 Å². The second-order valence-corrected chi connectivity index (χ2v) is 2.32. The molecule has 0 amide bonds. The van der Waals surface area contributed by atoms with Crippen molar-refractivity contribution in [2.24, 2.45) is 0 Å². The van der Waals surface area contributed by atoms with Gasteiger partial charge in [-0.1, -0.05) is 0 Å². The molecule has 2 rings (SSSR count). The van der Waals surface area contributed by atoms with E-state index >= 15 is 0 Å². The van der Waals surface area contributed by atoms with Crippen LogP contribution in [-0.2, 0) is 0 Å². The molecule has 0 saturated carbocycles. The van der Waals surface area contributed by atoms with Crippen LogP contribution in [-0.4, -0.2) is 13.2 Å². The van der Waals surface area contributed by atoms with Crippen LogP contribution >= 0.6 is 0 Å². The number of fused-ring (bicyclic) bond motifs is 1. The SMILES string of the molecule is Fc1c[c]cc2c1OCCN2. The van der Waals surface area contributed by atoms with E-state index in [0.29, 0.717) is 18.0 Å². The van der Waals surface area contributed by atoms with Gasteiger partial charge < -0.3 is 10.1 Å². The molecular formula is C8H7FNO. The van der Waals surface area contributed by atoms with Gasteiger partial charge in [0.25, 0.3) is 0 Å². The van der Waals surface area contributed by atoms with E-state index in [1.807, 2.05) is 0 Å². The van der Waals surface area contributed by atoms with Crippen molar-refractivity contribution >= 4 is 5.69 Å². The molecule has 0 spiro atoms. The smallest absolute Gasteiger partial charge is 0.178 e. The van der Waals surface area contributed by atoms with E-state index in [4.69, 9.17) is 4.74 Å². The van der Waals surface area contributed by atoms with Gasteiger partial charge in [0.05, 0.1) is 5.69 Å². The Hall–Kier alpha value is -1.25. The van der Waals surface area contributed by atoms with Gasteiger partial charge in [0.15, 0.2) is 11.6 Å². The molecule has 3 heteroatoms. The minimum Gasteiger partial charge on any atom is -0.486 e. The van der Waals surface area contributed by atoms with E-state index < -0.39 is 0 Å². The zero-order chi connectivity index (χ0) is 7.68. The molecule has 1 heterocycles. The Morgan fingerprint density at radius 1 is 1.55 bits per heavy atom. The van der Waals surface area contributed by atoms with E-state index in [-0.39, 0.29) is 5.82 Å². The molecule has 57 valence electrons. The van der Waals surface area contributed by atoms with Crippen LogP contribution in [0.2, 0.25) is 0 Å². The fraction of sp³-hybridized carbons (Fsp3) is 0.250. The summed E-state index contributed by atoms with van der Waals surface area (Å²) in [6.07, 6.45) is 0. The van der Waals surface area contributed by atoms with Crippen molar-refractivity contribution in [2.45, 2.75) is 0 Å². The number of anilines is 1. The molecule has 1 N–H and O–H groups in total. The average molecular weight is 152 g/mol. The Morgan fingerprint density at radius 2 is 2.45 bits per heavy atom. The Kier molecular flexibility index (Phi) is 1.42. The highest BCUT2D eigenvalue weighted by atomic mass is 19.1. The lowest BCUT2D eigenvalue weighted by atomic mass is 10.2. The predicted octanol–water partition coefficient (Wildman–Crippen LogP) is 1.43. The molecule has 11 heavy (non-hydrogen) atoms. The van der Waals surface area contributed by atoms with E-state index in [2.05, 4.69) is 11.4 Å². The van der Waals surface area contributed by atoms with E-state index in [1.165, 1.54) is 6.07 Å². The van der Waals surface area contributed by atoms with Gasteiger partial charge in [-0.3, -0.25) is 0 Å². The van der Waals surface area contributed by atoms with Gasteiger partial charge in [-0.15, -0.1) is 0 Å². The van der Waals surface area contributed by atoms with Crippen molar-refractivity contribution in [3.63, 3.8) is 0 Å². The summed E-state index contributed by atoms with van der Waals surface area (Å²) in [5, 5.41) is 3.01. The number of benzene rings is 1. The molecule has 1 aliphatic rings. The minimum atomic E-state index is -0.352. The number of hydrogen-bond acceptors (Lipinski definition) is 2. The number of rotatable bonds is 0. The zero-order valence-electron chi connectivity index (χ0n) is 5.86. The van der Waals surface area contributed by atoms with Gasteiger partial charge in [-0.25, -0.2) is 4.39 Å². The summed E-state index contributed by atoms with van der Waals surface area (Å²) in [4.78, 5) is 0. The fourth-order valence-electron chi connectivity index (χ4n) is 1.07. The normalized spacial score (nSPS) is 14.6. The molecule has 0 aromatic heterocycles. The quantitative estimate of drug-likeness (QED) is 0.607. The van der Waals surface area contributed by atoms with E-state index in [0.717, 1.165) is 6.54 Å². The topological polar surface area (TPSA) is 21.3 Å². The van der Waals surface area contributed by atoms with Gasteiger partial charge in [0.1, 0.15) is 6.61 Å². The highest BCUT2D eigenvalue weighted by molar-refractivity contribution is 5.57. The van der Waals surface area contributed by atoms with Crippen LogP contribution < -0.4 is 10.1 Å². The van der Waals surface area contributed by atoms with Gasteiger partial charge >= 0.3 is 0 Å². The predicted molar refractivity (Wildman–Crippen MR) is 39.2 cm³/mol. The summed E-state index contributed by atoms with van der Waals surface area (Å²) < 4.78 is 18.0. The number of hydrogen-bond donors (Lipinski definition) is 1. The second kappa shape index (κ2) is 2.42.